The normalized spacial score (nSPS) is 20.5. The first-order valence-electron chi connectivity index (χ1n) is 6.32. The summed E-state index contributed by atoms with van der Waals surface area (Å²) < 4.78 is 5.50. The summed E-state index contributed by atoms with van der Waals surface area (Å²) in [5, 5.41) is 3.60. The molecule has 0 aromatic heterocycles. The van der Waals surface area contributed by atoms with Gasteiger partial charge in [-0.05, 0) is 38.6 Å². The quantitative estimate of drug-likeness (QED) is 0.865. The van der Waals surface area contributed by atoms with Crippen molar-refractivity contribution in [1.82, 2.24) is 4.90 Å². The second-order valence-electron chi connectivity index (χ2n) is 4.95. The van der Waals surface area contributed by atoms with Crippen molar-refractivity contribution in [3.63, 3.8) is 0 Å². The van der Waals surface area contributed by atoms with Crippen LogP contribution in [0.1, 0.15) is 18.4 Å². The van der Waals surface area contributed by atoms with E-state index in [4.69, 9.17) is 4.74 Å². The van der Waals surface area contributed by atoms with Gasteiger partial charge in [-0.1, -0.05) is 18.2 Å². The lowest BCUT2D eigenvalue weighted by Crippen LogP contribution is -2.30. The van der Waals surface area contributed by atoms with Gasteiger partial charge >= 0.3 is 0 Å². The zero-order chi connectivity index (χ0) is 12.1. The van der Waals surface area contributed by atoms with E-state index in [0.29, 0.717) is 6.04 Å². The molecule has 0 spiro atoms. The van der Waals surface area contributed by atoms with E-state index in [2.05, 4.69) is 48.6 Å². The molecular formula is C14H22N2O. The van der Waals surface area contributed by atoms with Gasteiger partial charge in [-0.25, -0.2) is 0 Å². The fourth-order valence-corrected chi connectivity index (χ4v) is 2.21. The van der Waals surface area contributed by atoms with Crippen molar-refractivity contribution < 1.29 is 4.74 Å². The monoisotopic (exact) mass is 234 g/mol. The van der Waals surface area contributed by atoms with Gasteiger partial charge in [-0.3, -0.25) is 0 Å². The molecule has 3 heteroatoms. The third kappa shape index (κ3) is 3.72. The second-order valence-corrected chi connectivity index (χ2v) is 4.95. The van der Waals surface area contributed by atoms with E-state index >= 15 is 0 Å². The minimum Gasteiger partial charge on any atom is -0.380 e. The molecule has 1 aromatic rings. The molecule has 1 aromatic carbocycles. The number of anilines is 1. The largest absolute Gasteiger partial charge is 0.380 e. The van der Waals surface area contributed by atoms with E-state index in [1.165, 1.54) is 17.7 Å². The number of rotatable bonds is 4. The lowest BCUT2D eigenvalue weighted by Gasteiger charge is -2.26. The maximum Gasteiger partial charge on any atom is 0.0667 e. The minimum absolute atomic E-state index is 0.465. The fraction of sp³-hybridized carbons (Fsp3) is 0.571. The first kappa shape index (κ1) is 12.4. The van der Waals surface area contributed by atoms with Crippen molar-refractivity contribution >= 4 is 5.69 Å². The average Bonchev–Trinajstić information content (AvgIpc) is 2.32. The van der Waals surface area contributed by atoms with E-state index in [1.54, 1.807) is 0 Å². The second kappa shape index (κ2) is 6.03. The van der Waals surface area contributed by atoms with Crippen molar-refractivity contribution in [1.29, 1.82) is 0 Å². The molecule has 1 atom stereocenters. The Kier molecular flexibility index (Phi) is 4.40. The molecule has 0 amide bonds. The number of hydrogen-bond acceptors (Lipinski definition) is 3. The number of nitrogens with one attached hydrogen (secondary N) is 1. The molecule has 94 valence electrons. The molecule has 1 fully saturated rings. The van der Waals surface area contributed by atoms with Crippen molar-refractivity contribution in [3.8, 4) is 0 Å². The summed E-state index contributed by atoms with van der Waals surface area (Å²) >= 11 is 0. The van der Waals surface area contributed by atoms with Crippen LogP contribution < -0.4 is 5.32 Å². The van der Waals surface area contributed by atoms with E-state index in [-0.39, 0.29) is 0 Å². The highest BCUT2D eigenvalue weighted by atomic mass is 16.5. The summed E-state index contributed by atoms with van der Waals surface area (Å²) in [6.45, 7) is 2.71. The number of nitrogens with zero attached hydrogens (tertiary/aromatic N) is 1. The van der Waals surface area contributed by atoms with Crippen LogP contribution in [-0.4, -0.2) is 38.3 Å². The Morgan fingerprint density at radius 1 is 1.35 bits per heavy atom. The minimum atomic E-state index is 0.465. The summed E-state index contributed by atoms with van der Waals surface area (Å²) in [7, 11) is 4.20. The van der Waals surface area contributed by atoms with E-state index in [1.807, 2.05) is 0 Å². The van der Waals surface area contributed by atoms with Crippen molar-refractivity contribution in [2.24, 2.45) is 0 Å². The Bertz CT molecular complexity index is 346. The molecule has 1 saturated heterocycles. The van der Waals surface area contributed by atoms with Crippen molar-refractivity contribution in [3.05, 3.63) is 29.8 Å². The molecule has 2 rings (SSSR count). The molecule has 1 heterocycles. The molecule has 1 unspecified atom stereocenters. The fourth-order valence-electron chi connectivity index (χ4n) is 2.21. The molecule has 0 radical (unpaired) electrons. The Morgan fingerprint density at radius 2 is 2.18 bits per heavy atom. The van der Waals surface area contributed by atoms with Crippen LogP contribution in [0.15, 0.2) is 24.3 Å². The van der Waals surface area contributed by atoms with Gasteiger partial charge in [0.05, 0.1) is 6.61 Å². The zero-order valence-electron chi connectivity index (χ0n) is 10.8. The highest BCUT2D eigenvalue weighted by Crippen LogP contribution is 2.19. The summed E-state index contributed by atoms with van der Waals surface area (Å²) in [6, 6.07) is 9.00. The molecule has 3 nitrogen and oxygen atoms in total. The number of benzene rings is 1. The third-order valence-electron chi connectivity index (χ3n) is 3.02. The van der Waals surface area contributed by atoms with Crippen molar-refractivity contribution in [2.75, 3.05) is 32.6 Å². The van der Waals surface area contributed by atoms with Crippen LogP contribution in [0.4, 0.5) is 5.69 Å². The molecule has 1 N–H and O–H groups in total. The van der Waals surface area contributed by atoms with Crippen LogP contribution in [0, 0.1) is 0 Å². The van der Waals surface area contributed by atoms with Crippen LogP contribution in [0.2, 0.25) is 0 Å². The predicted molar refractivity (Wildman–Crippen MR) is 71.3 cm³/mol. The number of ether oxygens (including phenoxy) is 1. The topological polar surface area (TPSA) is 24.5 Å². The molecule has 1 aliphatic heterocycles. The summed E-state index contributed by atoms with van der Waals surface area (Å²) in [5.74, 6) is 0. The molecular weight excluding hydrogens is 212 g/mol. The Hall–Kier alpha value is -1.06. The SMILES string of the molecule is CN(C)Cc1ccccc1NC1CCCOC1. The van der Waals surface area contributed by atoms with Crippen LogP contribution in [-0.2, 0) is 11.3 Å². The van der Waals surface area contributed by atoms with Gasteiger partial charge in [0.2, 0.25) is 0 Å². The van der Waals surface area contributed by atoms with Crippen LogP contribution in [0.5, 0.6) is 0 Å². The molecule has 17 heavy (non-hydrogen) atoms. The van der Waals surface area contributed by atoms with Gasteiger partial charge in [0.1, 0.15) is 0 Å². The predicted octanol–water partition coefficient (Wildman–Crippen LogP) is 2.34. The van der Waals surface area contributed by atoms with Crippen LogP contribution in [0.3, 0.4) is 0 Å². The van der Waals surface area contributed by atoms with Gasteiger partial charge in [0.15, 0.2) is 0 Å². The standard InChI is InChI=1S/C14H22N2O/c1-16(2)10-12-6-3-4-8-14(12)15-13-7-5-9-17-11-13/h3-4,6,8,13,15H,5,7,9-11H2,1-2H3. The summed E-state index contributed by atoms with van der Waals surface area (Å²) in [6.07, 6.45) is 2.36. The van der Waals surface area contributed by atoms with Gasteiger partial charge in [0.25, 0.3) is 0 Å². The lowest BCUT2D eigenvalue weighted by atomic mass is 10.1. The Morgan fingerprint density at radius 3 is 2.88 bits per heavy atom. The zero-order valence-corrected chi connectivity index (χ0v) is 10.8. The first-order valence-corrected chi connectivity index (χ1v) is 6.32. The maximum atomic E-state index is 5.50. The summed E-state index contributed by atoms with van der Waals surface area (Å²) in [5.41, 5.74) is 2.60. The molecule has 0 saturated carbocycles. The highest BCUT2D eigenvalue weighted by Gasteiger charge is 2.14. The molecule has 1 aliphatic rings. The lowest BCUT2D eigenvalue weighted by molar-refractivity contribution is 0.0876. The Balaban J connectivity index is 2.03. The van der Waals surface area contributed by atoms with Gasteiger partial charge < -0.3 is 15.0 Å². The van der Waals surface area contributed by atoms with Crippen molar-refractivity contribution in [2.45, 2.75) is 25.4 Å². The molecule has 0 bridgehead atoms. The van der Waals surface area contributed by atoms with E-state index in [9.17, 15) is 0 Å². The highest BCUT2D eigenvalue weighted by molar-refractivity contribution is 5.51. The van der Waals surface area contributed by atoms with Gasteiger partial charge in [-0.2, -0.15) is 0 Å². The van der Waals surface area contributed by atoms with E-state index in [0.717, 1.165) is 26.2 Å². The number of para-hydroxylation sites is 1. The van der Waals surface area contributed by atoms with Crippen LogP contribution in [0.25, 0.3) is 0 Å². The maximum absolute atomic E-state index is 5.50. The van der Waals surface area contributed by atoms with Gasteiger partial charge in [-0.15, -0.1) is 0 Å². The average molecular weight is 234 g/mol. The third-order valence-corrected chi connectivity index (χ3v) is 3.02. The molecule has 0 aliphatic carbocycles. The van der Waals surface area contributed by atoms with Crippen LogP contribution >= 0.6 is 0 Å². The smallest absolute Gasteiger partial charge is 0.0667 e. The van der Waals surface area contributed by atoms with E-state index < -0.39 is 0 Å². The van der Waals surface area contributed by atoms with Gasteiger partial charge in [0, 0.05) is 24.9 Å². The number of hydrogen-bond donors (Lipinski definition) is 1. The first-order chi connectivity index (χ1) is 8.25. The Labute approximate surface area is 104 Å². The summed E-state index contributed by atoms with van der Waals surface area (Å²) in [4.78, 5) is 2.19.